The lowest BCUT2D eigenvalue weighted by molar-refractivity contribution is 0.238. The molecule has 1 aromatic carbocycles. The van der Waals surface area contributed by atoms with Crippen molar-refractivity contribution in [2.24, 2.45) is 5.41 Å². The van der Waals surface area contributed by atoms with Gasteiger partial charge in [0, 0.05) is 25.2 Å². The Balaban J connectivity index is 2.22. The van der Waals surface area contributed by atoms with Crippen LogP contribution in [0.1, 0.15) is 19.8 Å². The van der Waals surface area contributed by atoms with E-state index in [4.69, 9.17) is 9.47 Å². The van der Waals surface area contributed by atoms with Gasteiger partial charge in [0.15, 0.2) is 11.5 Å². The number of piperidine rings is 1. The van der Waals surface area contributed by atoms with Gasteiger partial charge in [0.2, 0.25) is 10.0 Å². The van der Waals surface area contributed by atoms with Crippen molar-refractivity contribution in [1.82, 2.24) is 10.0 Å². The lowest BCUT2D eigenvalue weighted by atomic mass is 9.83. The van der Waals surface area contributed by atoms with E-state index in [2.05, 4.69) is 10.0 Å². The Morgan fingerprint density at radius 1 is 1.30 bits per heavy atom. The van der Waals surface area contributed by atoms with Crippen LogP contribution < -0.4 is 19.5 Å². The van der Waals surface area contributed by atoms with Crippen molar-refractivity contribution in [2.75, 3.05) is 33.9 Å². The first-order valence-corrected chi connectivity index (χ1v) is 8.91. The summed E-state index contributed by atoms with van der Waals surface area (Å²) in [7, 11) is -1.24. The van der Waals surface area contributed by atoms with Crippen molar-refractivity contribution in [3.8, 4) is 11.5 Å². The molecule has 8 heteroatoms. The highest BCUT2D eigenvalue weighted by molar-refractivity contribution is 7.89. The van der Waals surface area contributed by atoms with Gasteiger partial charge >= 0.3 is 0 Å². The average molecular weight is 346 g/mol. The quantitative estimate of drug-likeness (QED) is 0.817. The third kappa shape index (κ3) is 4.13. The van der Waals surface area contributed by atoms with Crippen molar-refractivity contribution in [3.63, 3.8) is 0 Å². The van der Waals surface area contributed by atoms with Gasteiger partial charge < -0.3 is 14.8 Å². The lowest BCUT2D eigenvalue weighted by Gasteiger charge is -2.34. The maximum absolute atomic E-state index is 14.1. The number of ether oxygens (including phenoxy) is 2. The van der Waals surface area contributed by atoms with Crippen LogP contribution in [-0.2, 0) is 10.0 Å². The van der Waals surface area contributed by atoms with E-state index in [-0.39, 0.29) is 23.5 Å². The van der Waals surface area contributed by atoms with Gasteiger partial charge in [0.25, 0.3) is 0 Å². The van der Waals surface area contributed by atoms with Crippen LogP contribution in [0.2, 0.25) is 0 Å². The summed E-state index contributed by atoms with van der Waals surface area (Å²) in [6.07, 6.45) is 1.90. The minimum Gasteiger partial charge on any atom is -0.493 e. The third-order valence-corrected chi connectivity index (χ3v) is 5.52. The Morgan fingerprint density at radius 2 is 1.96 bits per heavy atom. The van der Waals surface area contributed by atoms with Gasteiger partial charge in [-0.1, -0.05) is 6.92 Å². The average Bonchev–Trinajstić information content (AvgIpc) is 2.53. The van der Waals surface area contributed by atoms with E-state index in [1.807, 2.05) is 6.92 Å². The van der Waals surface area contributed by atoms with Crippen LogP contribution in [0.15, 0.2) is 17.0 Å². The molecule has 0 saturated carbocycles. The summed E-state index contributed by atoms with van der Waals surface area (Å²) in [6, 6.07) is 2.15. The molecule has 0 aromatic heterocycles. The highest BCUT2D eigenvalue weighted by Gasteiger charge is 2.30. The molecular weight excluding hydrogens is 323 g/mol. The van der Waals surface area contributed by atoms with Crippen LogP contribution in [0.3, 0.4) is 0 Å². The van der Waals surface area contributed by atoms with E-state index in [1.165, 1.54) is 14.2 Å². The molecule has 1 unspecified atom stereocenters. The molecule has 1 saturated heterocycles. The Bertz CT molecular complexity index is 658. The molecule has 6 nitrogen and oxygen atoms in total. The summed E-state index contributed by atoms with van der Waals surface area (Å²) in [5.74, 6) is -0.561. The first kappa shape index (κ1) is 18.0. The minimum absolute atomic E-state index is 0.146. The predicted molar refractivity (Wildman–Crippen MR) is 84.9 cm³/mol. The second-order valence-electron chi connectivity index (χ2n) is 6.05. The molecule has 1 atom stereocenters. The second-order valence-corrected chi connectivity index (χ2v) is 7.79. The van der Waals surface area contributed by atoms with E-state index in [0.29, 0.717) is 0 Å². The number of hydrogen-bond acceptors (Lipinski definition) is 5. The highest BCUT2D eigenvalue weighted by atomic mass is 32.2. The molecule has 0 amide bonds. The Hall–Kier alpha value is -1.38. The summed E-state index contributed by atoms with van der Waals surface area (Å²) in [6.45, 7) is 3.92. The maximum atomic E-state index is 14.1. The molecular formula is C15H23FN2O4S. The minimum atomic E-state index is -3.97. The van der Waals surface area contributed by atoms with E-state index in [9.17, 15) is 12.8 Å². The molecule has 2 N–H and O–H groups in total. The summed E-state index contributed by atoms with van der Waals surface area (Å²) in [4.78, 5) is -0.442. The van der Waals surface area contributed by atoms with Crippen LogP contribution in [0, 0.1) is 11.2 Å². The van der Waals surface area contributed by atoms with E-state index >= 15 is 0 Å². The van der Waals surface area contributed by atoms with Crippen molar-refractivity contribution in [3.05, 3.63) is 17.9 Å². The zero-order chi connectivity index (χ0) is 17.1. The molecule has 1 aromatic rings. The van der Waals surface area contributed by atoms with Crippen LogP contribution in [0.5, 0.6) is 11.5 Å². The van der Waals surface area contributed by atoms with E-state index in [0.717, 1.165) is 38.1 Å². The highest BCUT2D eigenvalue weighted by Crippen LogP contribution is 2.32. The first-order chi connectivity index (χ1) is 10.8. The van der Waals surface area contributed by atoms with Crippen LogP contribution in [-0.4, -0.2) is 42.3 Å². The fourth-order valence-electron chi connectivity index (χ4n) is 2.66. The lowest BCUT2D eigenvalue weighted by Crippen LogP contribution is -2.45. The van der Waals surface area contributed by atoms with E-state index in [1.54, 1.807) is 0 Å². The third-order valence-electron chi connectivity index (χ3n) is 4.10. The maximum Gasteiger partial charge on any atom is 0.243 e. The van der Waals surface area contributed by atoms with Crippen LogP contribution >= 0.6 is 0 Å². The molecule has 0 aliphatic carbocycles. The van der Waals surface area contributed by atoms with Crippen LogP contribution in [0.25, 0.3) is 0 Å². The molecule has 0 spiro atoms. The molecule has 0 radical (unpaired) electrons. The Morgan fingerprint density at radius 3 is 2.52 bits per heavy atom. The van der Waals surface area contributed by atoms with E-state index < -0.39 is 20.7 Å². The largest absolute Gasteiger partial charge is 0.493 e. The number of rotatable bonds is 6. The van der Waals surface area contributed by atoms with Gasteiger partial charge in [-0.05, 0) is 24.8 Å². The van der Waals surface area contributed by atoms with Crippen molar-refractivity contribution in [2.45, 2.75) is 24.7 Å². The fraction of sp³-hybridized carbons (Fsp3) is 0.600. The summed E-state index contributed by atoms with van der Waals surface area (Å²) >= 11 is 0. The summed E-state index contributed by atoms with van der Waals surface area (Å²) < 4.78 is 51.5. The fourth-order valence-corrected chi connectivity index (χ4v) is 3.93. The normalized spacial score (nSPS) is 21.9. The Labute approximate surface area is 136 Å². The van der Waals surface area contributed by atoms with Gasteiger partial charge in [-0.25, -0.2) is 17.5 Å². The topological polar surface area (TPSA) is 76.7 Å². The molecule has 2 rings (SSSR count). The molecule has 23 heavy (non-hydrogen) atoms. The predicted octanol–water partition coefficient (Wildman–Crippen LogP) is 1.51. The Kier molecular flexibility index (Phi) is 5.49. The van der Waals surface area contributed by atoms with Gasteiger partial charge in [-0.3, -0.25) is 0 Å². The zero-order valence-electron chi connectivity index (χ0n) is 13.6. The van der Waals surface area contributed by atoms with Gasteiger partial charge in [0.05, 0.1) is 14.2 Å². The number of halogens is 1. The summed E-state index contributed by atoms with van der Waals surface area (Å²) in [5, 5.41) is 3.25. The van der Waals surface area contributed by atoms with Crippen molar-refractivity contribution >= 4 is 10.0 Å². The van der Waals surface area contributed by atoms with Crippen molar-refractivity contribution in [1.29, 1.82) is 0 Å². The first-order valence-electron chi connectivity index (χ1n) is 7.43. The molecule has 1 heterocycles. The molecule has 1 fully saturated rings. The number of nitrogens with one attached hydrogen (secondary N) is 2. The zero-order valence-corrected chi connectivity index (χ0v) is 14.4. The molecule has 0 bridgehead atoms. The van der Waals surface area contributed by atoms with Gasteiger partial charge in [0.1, 0.15) is 10.7 Å². The monoisotopic (exact) mass is 346 g/mol. The van der Waals surface area contributed by atoms with Crippen LogP contribution in [0.4, 0.5) is 4.39 Å². The van der Waals surface area contributed by atoms with Gasteiger partial charge in [-0.15, -0.1) is 0 Å². The number of hydrogen-bond donors (Lipinski definition) is 2. The summed E-state index contributed by atoms with van der Waals surface area (Å²) in [5.41, 5.74) is -0.182. The van der Waals surface area contributed by atoms with Gasteiger partial charge in [-0.2, -0.15) is 0 Å². The molecule has 130 valence electrons. The molecule has 1 aliphatic heterocycles. The number of sulfonamides is 1. The SMILES string of the molecule is COc1cc(F)c(S(=O)(=O)NCC2(C)CCCNC2)cc1OC. The standard InChI is InChI=1S/C15H23FN2O4S/c1-15(5-4-6-17-9-15)10-18-23(19,20)14-8-13(22-3)12(21-2)7-11(14)16/h7-8,17-18H,4-6,9-10H2,1-3H3. The number of methoxy groups -OCH3 is 2. The molecule has 1 aliphatic rings. The smallest absolute Gasteiger partial charge is 0.243 e. The second kappa shape index (κ2) is 7.02. The number of benzene rings is 1. The van der Waals surface area contributed by atoms with Crippen molar-refractivity contribution < 1.29 is 22.3 Å².